The molecule has 3 aromatic heterocycles. The maximum atomic E-state index is 11.3. The molecule has 1 saturated carbocycles. The van der Waals surface area contributed by atoms with Crippen LogP contribution in [0.25, 0.3) is 16.8 Å². The molecule has 0 atom stereocenters. The highest BCUT2D eigenvalue weighted by Crippen LogP contribution is 2.40. The number of rotatable bonds is 5. The quantitative estimate of drug-likeness (QED) is 0.426. The van der Waals surface area contributed by atoms with Crippen molar-refractivity contribution >= 4 is 33.4 Å². The number of nitrogen functional groups attached to an aromatic ring is 1. The number of nitrogens with two attached hydrogens (primary N) is 1. The lowest BCUT2D eigenvalue weighted by Gasteiger charge is -2.26. The first kappa shape index (κ1) is 20.7. The minimum absolute atomic E-state index is 0.163. The Morgan fingerprint density at radius 2 is 1.88 bits per heavy atom. The van der Waals surface area contributed by atoms with E-state index in [1.165, 1.54) is 5.56 Å². The van der Waals surface area contributed by atoms with E-state index in [0.29, 0.717) is 30.9 Å². The number of halogens is 1. The Morgan fingerprint density at radius 3 is 2.59 bits per heavy atom. The molecule has 4 aromatic rings. The second-order valence-corrected chi connectivity index (χ2v) is 9.08. The normalized spacial score (nSPS) is 18.8. The smallest absolute Gasteiger partial charge is 0.306 e. The summed E-state index contributed by atoms with van der Waals surface area (Å²) in [6.45, 7) is 0.680. The van der Waals surface area contributed by atoms with E-state index < -0.39 is 5.97 Å². The number of anilines is 1. The number of carboxylic acids is 1. The van der Waals surface area contributed by atoms with E-state index >= 15 is 0 Å². The van der Waals surface area contributed by atoms with Crippen molar-refractivity contribution in [3.05, 3.63) is 64.7 Å². The Balaban J connectivity index is 1.47. The van der Waals surface area contributed by atoms with Gasteiger partial charge in [0.15, 0.2) is 5.65 Å². The summed E-state index contributed by atoms with van der Waals surface area (Å²) >= 11 is 3.61. The summed E-state index contributed by atoms with van der Waals surface area (Å²) in [5, 5.41) is 18.3. The highest BCUT2D eigenvalue weighted by Gasteiger charge is 2.30. The number of hydrogen-bond donors (Lipinski definition) is 2. The molecule has 164 valence electrons. The molecule has 0 unspecified atom stereocenters. The van der Waals surface area contributed by atoms with Gasteiger partial charge >= 0.3 is 5.97 Å². The average molecular weight is 495 g/mol. The summed E-state index contributed by atoms with van der Waals surface area (Å²) in [6.07, 6.45) is 8.42. The van der Waals surface area contributed by atoms with Gasteiger partial charge in [-0.1, -0.05) is 30.3 Å². The number of benzene rings is 1. The van der Waals surface area contributed by atoms with Crippen molar-refractivity contribution < 1.29 is 9.90 Å². The van der Waals surface area contributed by atoms with Crippen molar-refractivity contribution in [2.75, 3.05) is 5.73 Å². The fourth-order valence-electron chi connectivity index (χ4n) is 4.46. The Kier molecular flexibility index (Phi) is 5.42. The minimum Gasteiger partial charge on any atom is -0.481 e. The molecule has 3 N–H and O–H groups in total. The zero-order chi connectivity index (χ0) is 22.2. The summed E-state index contributed by atoms with van der Waals surface area (Å²) in [7, 11) is 0. The van der Waals surface area contributed by atoms with Gasteiger partial charge in [0.25, 0.3) is 0 Å². The van der Waals surface area contributed by atoms with Crippen LogP contribution >= 0.6 is 15.9 Å². The van der Waals surface area contributed by atoms with E-state index in [4.69, 9.17) is 10.7 Å². The molecule has 0 amide bonds. The van der Waals surface area contributed by atoms with Crippen LogP contribution in [0.3, 0.4) is 0 Å². The van der Waals surface area contributed by atoms with Crippen LogP contribution in [0.15, 0.2) is 53.4 Å². The van der Waals surface area contributed by atoms with Gasteiger partial charge in [-0.3, -0.25) is 9.48 Å². The molecule has 1 aromatic carbocycles. The number of carboxylic acid groups (broad SMARTS) is 1. The Bertz CT molecular complexity index is 1270. The van der Waals surface area contributed by atoms with Crippen molar-refractivity contribution in [3.63, 3.8) is 0 Å². The Hall–Kier alpha value is -3.20. The monoisotopic (exact) mass is 494 g/mol. The molecule has 0 saturated heterocycles. The number of carbonyl (C=O) groups is 1. The number of aromatic nitrogens is 5. The third-order valence-electron chi connectivity index (χ3n) is 6.24. The summed E-state index contributed by atoms with van der Waals surface area (Å²) < 4.78 is 4.27. The van der Waals surface area contributed by atoms with Crippen LogP contribution in [-0.2, 0) is 11.3 Å². The summed E-state index contributed by atoms with van der Waals surface area (Å²) in [5.41, 5.74) is 10.9. The third kappa shape index (κ3) is 3.77. The molecule has 0 bridgehead atoms. The lowest BCUT2D eigenvalue weighted by molar-refractivity contribution is -0.142. The number of nitrogens with zero attached hydrogens (tertiary/aromatic N) is 5. The van der Waals surface area contributed by atoms with Gasteiger partial charge in [-0.2, -0.15) is 14.7 Å². The minimum atomic E-state index is -0.712. The standard InChI is InChI=1S/C23H23BrN6O2/c24-19-20(15-6-8-16(9-7-15)23(31)32)28-22-18(11-27-30(22)21(19)25)17-10-26-29(13-17)12-14-4-2-1-3-5-14/h1-5,10-11,13,15-16H,6-9,12,25H2,(H,31,32). The van der Waals surface area contributed by atoms with E-state index in [1.807, 2.05) is 35.3 Å². The van der Waals surface area contributed by atoms with Crippen LogP contribution < -0.4 is 5.73 Å². The second-order valence-electron chi connectivity index (χ2n) is 8.29. The van der Waals surface area contributed by atoms with Gasteiger partial charge in [-0.25, -0.2) is 4.98 Å². The molecule has 5 rings (SSSR count). The fraction of sp³-hybridized carbons (Fsp3) is 0.304. The van der Waals surface area contributed by atoms with Crippen molar-refractivity contribution in [2.24, 2.45) is 5.92 Å². The second kappa shape index (κ2) is 8.38. The van der Waals surface area contributed by atoms with Gasteiger partial charge in [0.2, 0.25) is 0 Å². The van der Waals surface area contributed by atoms with E-state index in [1.54, 1.807) is 10.7 Å². The molecular weight excluding hydrogens is 472 g/mol. The first-order chi connectivity index (χ1) is 15.5. The Labute approximate surface area is 193 Å². The fourth-order valence-corrected chi connectivity index (χ4v) is 5.04. The van der Waals surface area contributed by atoms with Crippen LogP contribution in [0.4, 0.5) is 5.82 Å². The summed E-state index contributed by atoms with van der Waals surface area (Å²) in [6, 6.07) is 10.2. The van der Waals surface area contributed by atoms with Crippen LogP contribution in [0, 0.1) is 5.92 Å². The van der Waals surface area contributed by atoms with E-state index in [-0.39, 0.29) is 11.8 Å². The molecule has 1 aliphatic carbocycles. The molecule has 0 aliphatic heterocycles. The maximum absolute atomic E-state index is 11.3. The van der Waals surface area contributed by atoms with Crippen LogP contribution in [0.5, 0.6) is 0 Å². The highest BCUT2D eigenvalue weighted by molar-refractivity contribution is 9.10. The van der Waals surface area contributed by atoms with Crippen molar-refractivity contribution in [3.8, 4) is 11.1 Å². The molecule has 9 heteroatoms. The predicted octanol–water partition coefficient (Wildman–Crippen LogP) is 4.34. The van der Waals surface area contributed by atoms with Crippen molar-refractivity contribution in [1.29, 1.82) is 0 Å². The predicted molar refractivity (Wildman–Crippen MR) is 124 cm³/mol. The lowest BCUT2D eigenvalue weighted by Crippen LogP contribution is -2.21. The van der Waals surface area contributed by atoms with Crippen LogP contribution in [-0.4, -0.2) is 35.5 Å². The summed E-state index contributed by atoms with van der Waals surface area (Å²) in [5.74, 6) is -0.327. The van der Waals surface area contributed by atoms with Crippen LogP contribution in [0.1, 0.15) is 42.9 Å². The first-order valence-corrected chi connectivity index (χ1v) is 11.4. The number of hydrogen-bond acceptors (Lipinski definition) is 5. The third-order valence-corrected chi connectivity index (χ3v) is 7.06. The topological polar surface area (TPSA) is 111 Å². The van der Waals surface area contributed by atoms with Gasteiger partial charge in [-0.05, 0) is 47.2 Å². The van der Waals surface area contributed by atoms with Crippen molar-refractivity contribution in [1.82, 2.24) is 24.4 Å². The zero-order valence-electron chi connectivity index (χ0n) is 17.4. The van der Waals surface area contributed by atoms with Gasteiger partial charge in [0, 0.05) is 23.2 Å². The number of fused-ring (bicyclic) bond motifs is 1. The molecule has 32 heavy (non-hydrogen) atoms. The van der Waals surface area contributed by atoms with Gasteiger partial charge < -0.3 is 10.8 Å². The average Bonchev–Trinajstić information content (AvgIpc) is 3.44. The van der Waals surface area contributed by atoms with Crippen molar-refractivity contribution in [2.45, 2.75) is 38.1 Å². The molecule has 1 fully saturated rings. The zero-order valence-corrected chi connectivity index (χ0v) is 18.9. The van der Waals surface area contributed by atoms with Crippen LogP contribution in [0.2, 0.25) is 0 Å². The van der Waals surface area contributed by atoms with E-state index in [9.17, 15) is 9.90 Å². The maximum Gasteiger partial charge on any atom is 0.306 e. The van der Waals surface area contributed by atoms with E-state index in [0.717, 1.165) is 34.1 Å². The highest BCUT2D eigenvalue weighted by atomic mass is 79.9. The number of aliphatic carboxylic acids is 1. The molecule has 8 nitrogen and oxygen atoms in total. The first-order valence-electron chi connectivity index (χ1n) is 10.6. The van der Waals surface area contributed by atoms with Gasteiger partial charge in [0.1, 0.15) is 5.82 Å². The largest absolute Gasteiger partial charge is 0.481 e. The van der Waals surface area contributed by atoms with E-state index in [2.05, 4.69) is 38.3 Å². The molecular formula is C23H23BrN6O2. The van der Waals surface area contributed by atoms with Gasteiger partial charge in [0.05, 0.1) is 35.0 Å². The molecule has 3 heterocycles. The summed E-state index contributed by atoms with van der Waals surface area (Å²) in [4.78, 5) is 16.3. The Morgan fingerprint density at radius 1 is 1.12 bits per heavy atom. The van der Waals surface area contributed by atoms with Gasteiger partial charge in [-0.15, -0.1) is 0 Å². The molecule has 0 radical (unpaired) electrons. The molecule has 0 spiro atoms. The SMILES string of the molecule is Nc1c(Br)c(C2CCC(C(=O)O)CC2)nc2c(-c3cnn(Cc4ccccc4)c3)cnn12. The molecule has 1 aliphatic rings. The lowest BCUT2D eigenvalue weighted by atomic mass is 9.80.